The smallest absolute Gasteiger partial charge is 0.268 e. The van der Waals surface area contributed by atoms with E-state index in [4.69, 9.17) is 0 Å². The Hall–Kier alpha value is -0.770. The Labute approximate surface area is 91.6 Å². The van der Waals surface area contributed by atoms with E-state index in [2.05, 4.69) is 21.2 Å². The topological polar surface area (TPSA) is 34.0 Å². The number of aromatic nitrogens is 1. The zero-order valence-corrected chi connectivity index (χ0v) is 9.67. The van der Waals surface area contributed by atoms with E-state index < -0.39 is 0 Å². The van der Waals surface area contributed by atoms with Gasteiger partial charge in [-0.3, -0.25) is 4.79 Å². The minimum atomic E-state index is 0.0305. The first kappa shape index (κ1) is 9.77. The zero-order chi connectivity index (χ0) is 10.1. The first-order chi connectivity index (χ1) is 6.66. The highest BCUT2D eigenvalue weighted by Crippen LogP contribution is 2.19. The molecule has 0 unspecified atom stereocenters. The van der Waals surface area contributed by atoms with Crippen molar-refractivity contribution in [3.63, 3.8) is 0 Å². The molecule has 0 radical (unpaired) electrons. The van der Waals surface area contributed by atoms with Gasteiger partial charge in [0.15, 0.2) is 0 Å². The van der Waals surface area contributed by atoms with Gasteiger partial charge in [0.25, 0.3) is 5.91 Å². The largest absolute Gasteiger partial charge is 0.348 e. The molecule has 3 nitrogen and oxygen atoms in total. The van der Waals surface area contributed by atoms with Crippen molar-refractivity contribution < 1.29 is 4.79 Å². The number of amides is 1. The van der Waals surface area contributed by atoms with Gasteiger partial charge in [0.05, 0.1) is 0 Å². The molecular weight excluding hydrogens is 244 g/mol. The van der Waals surface area contributed by atoms with Gasteiger partial charge in [-0.25, -0.2) is 0 Å². The Balaban J connectivity index is 2.06. The number of rotatable bonds is 2. The Kier molecular flexibility index (Phi) is 2.63. The number of hydrogen-bond donors (Lipinski definition) is 1. The minimum Gasteiger partial charge on any atom is -0.348 e. The number of halogens is 1. The fourth-order valence-electron chi connectivity index (χ4n) is 1.56. The molecule has 1 heterocycles. The quantitative estimate of drug-likeness (QED) is 0.864. The second-order valence-corrected chi connectivity index (χ2v) is 4.67. The Morgan fingerprint density at radius 3 is 2.79 bits per heavy atom. The molecule has 14 heavy (non-hydrogen) atoms. The monoisotopic (exact) mass is 256 g/mol. The van der Waals surface area contributed by atoms with Gasteiger partial charge in [0.1, 0.15) is 5.69 Å². The molecule has 4 heteroatoms. The number of aryl methyl sites for hydroxylation is 1. The molecule has 2 rings (SSSR count). The summed E-state index contributed by atoms with van der Waals surface area (Å²) in [6.07, 6.45) is 5.37. The maximum atomic E-state index is 11.7. The summed E-state index contributed by atoms with van der Waals surface area (Å²) in [5, 5.41) is 3.01. The number of nitrogens with zero attached hydrogens (tertiary/aromatic N) is 1. The molecule has 0 aliphatic heterocycles. The number of carbonyl (C=O) groups is 1. The maximum absolute atomic E-state index is 11.7. The molecule has 1 aliphatic carbocycles. The van der Waals surface area contributed by atoms with Crippen LogP contribution >= 0.6 is 15.9 Å². The van der Waals surface area contributed by atoms with Crippen LogP contribution in [0.4, 0.5) is 0 Å². The molecule has 1 saturated carbocycles. The summed E-state index contributed by atoms with van der Waals surface area (Å²) < 4.78 is 2.77. The van der Waals surface area contributed by atoms with E-state index in [1.807, 2.05) is 23.9 Å². The molecule has 1 aliphatic rings. The first-order valence-corrected chi connectivity index (χ1v) is 5.59. The minimum absolute atomic E-state index is 0.0305. The van der Waals surface area contributed by atoms with Crippen LogP contribution in [0.15, 0.2) is 16.7 Å². The second kappa shape index (κ2) is 3.77. The molecule has 76 valence electrons. The third-order valence-electron chi connectivity index (χ3n) is 2.64. The van der Waals surface area contributed by atoms with Crippen molar-refractivity contribution in [2.75, 3.05) is 0 Å². The summed E-state index contributed by atoms with van der Waals surface area (Å²) in [5.74, 6) is 0.0305. The van der Waals surface area contributed by atoms with Crippen molar-refractivity contribution >= 4 is 21.8 Å². The van der Waals surface area contributed by atoms with Crippen LogP contribution in [0.2, 0.25) is 0 Å². The van der Waals surface area contributed by atoms with Crippen LogP contribution in [-0.4, -0.2) is 16.5 Å². The summed E-state index contributed by atoms with van der Waals surface area (Å²) in [4.78, 5) is 11.7. The summed E-state index contributed by atoms with van der Waals surface area (Å²) in [6.45, 7) is 0. The Morgan fingerprint density at radius 2 is 2.36 bits per heavy atom. The second-order valence-electron chi connectivity index (χ2n) is 3.76. The first-order valence-electron chi connectivity index (χ1n) is 4.79. The van der Waals surface area contributed by atoms with Crippen molar-refractivity contribution in [3.8, 4) is 0 Å². The van der Waals surface area contributed by atoms with E-state index in [0.29, 0.717) is 11.7 Å². The fourth-order valence-corrected chi connectivity index (χ4v) is 2.09. The predicted molar refractivity (Wildman–Crippen MR) is 58.2 cm³/mol. The van der Waals surface area contributed by atoms with Gasteiger partial charge in [-0.15, -0.1) is 0 Å². The van der Waals surface area contributed by atoms with E-state index in [9.17, 15) is 4.79 Å². The fraction of sp³-hybridized carbons (Fsp3) is 0.500. The van der Waals surface area contributed by atoms with Crippen LogP contribution in [0.5, 0.6) is 0 Å². The lowest BCUT2D eigenvalue weighted by Gasteiger charge is -2.26. The highest BCUT2D eigenvalue weighted by Gasteiger charge is 2.21. The van der Waals surface area contributed by atoms with Crippen LogP contribution in [-0.2, 0) is 7.05 Å². The van der Waals surface area contributed by atoms with Crippen LogP contribution in [0, 0.1) is 0 Å². The van der Waals surface area contributed by atoms with Crippen molar-refractivity contribution in [1.29, 1.82) is 0 Å². The molecule has 1 amide bonds. The van der Waals surface area contributed by atoms with Crippen LogP contribution in [0.3, 0.4) is 0 Å². The number of nitrogens with one attached hydrogen (secondary N) is 1. The molecule has 1 fully saturated rings. The van der Waals surface area contributed by atoms with Gasteiger partial charge in [-0.2, -0.15) is 0 Å². The highest BCUT2D eigenvalue weighted by molar-refractivity contribution is 9.10. The van der Waals surface area contributed by atoms with Crippen LogP contribution < -0.4 is 5.32 Å². The van der Waals surface area contributed by atoms with E-state index in [1.54, 1.807) is 0 Å². The molecule has 0 spiro atoms. The number of carbonyl (C=O) groups excluding carboxylic acids is 1. The lowest BCUT2D eigenvalue weighted by Crippen LogP contribution is -2.40. The number of hydrogen-bond acceptors (Lipinski definition) is 1. The summed E-state index contributed by atoms with van der Waals surface area (Å²) in [6, 6.07) is 2.24. The van der Waals surface area contributed by atoms with Gasteiger partial charge in [0.2, 0.25) is 0 Å². The summed E-state index contributed by atoms with van der Waals surface area (Å²) in [7, 11) is 1.88. The molecule has 0 atom stereocenters. The average Bonchev–Trinajstić information content (AvgIpc) is 2.37. The van der Waals surface area contributed by atoms with Crippen molar-refractivity contribution in [2.24, 2.45) is 7.05 Å². The normalized spacial score (nSPS) is 16.4. The van der Waals surface area contributed by atoms with Crippen molar-refractivity contribution in [3.05, 3.63) is 22.4 Å². The predicted octanol–water partition coefficient (Wildman–Crippen LogP) is 2.07. The average molecular weight is 257 g/mol. The third-order valence-corrected chi connectivity index (χ3v) is 3.08. The molecule has 0 bridgehead atoms. The zero-order valence-electron chi connectivity index (χ0n) is 8.09. The van der Waals surface area contributed by atoms with Gasteiger partial charge in [-0.05, 0) is 41.3 Å². The SMILES string of the molecule is Cn1cc(Br)cc1C(=O)NC1CCC1. The highest BCUT2D eigenvalue weighted by atomic mass is 79.9. The Morgan fingerprint density at radius 1 is 1.64 bits per heavy atom. The molecule has 1 aromatic heterocycles. The van der Waals surface area contributed by atoms with Crippen LogP contribution in [0.25, 0.3) is 0 Å². The van der Waals surface area contributed by atoms with Gasteiger partial charge in [0, 0.05) is 23.8 Å². The third kappa shape index (κ3) is 1.85. The molecule has 1 N–H and O–H groups in total. The lowest BCUT2D eigenvalue weighted by atomic mass is 9.93. The lowest BCUT2D eigenvalue weighted by molar-refractivity contribution is 0.0908. The molecular formula is C10H13BrN2O. The van der Waals surface area contributed by atoms with E-state index >= 15 is 0 Å². The van der Waals surface area contributed by atoms with Crippen molar-refractivity contribution in [1.82, 2.24) is 9.88 Å². The van der Waals surface area contributed by atoms with Crippen LogP contribution in [0.1, 0.15) is 29.8 Å². The molecule has 1 aromatic rings. The maximum Gasteiger partial charge on any atom is 0.268 e. The molecule has 0 saturated heterocycles. The van der Waals surface area contributed by atoms with E-state index in [1.165, 1.54) is 6.42 Å². The Bertz CT molecular complexity index is 355. The van der Waals surface area contributed by atoms with Crippen molar-refractivity contribution in [2.45, 2.75) is 25.3 Å². The van der Waals surface area contributed by atoms with Gasteiger partial charge < -0.3 is 9.88 Å². The standard InChI is InChI=1S/C10H13BrN2O/c1-13-6-7(11)5-9(13)10(14)12-8-3-2-4-8/h5-6,8H,2-4H2,1H3,(H,12,14). The van der Waals surface area contributed by atoms with Gasteiger partial charge in [-0.1, -0.05) is 0 Å². The van der Waals surface area contributed by atoms with E-state index in [-0.39, 0.29) is 5.91 Å². The van der Waals surface area contributed by atoms with E-state index in [0.717, 1.165) is 17.3 Å². The summed E-state index contributed by atoms with van der Waals surface area (Å²) in [5.41, 5.74) is 0.712. The van der Waals surface area contributed by atoms with Gasteiger partial charge >= 0.3 is 0 Å². The molecule has 0 aromatic carbocycles. The summed E-state index contributed by atoms with van der Waals surface area (Å²) >= 11 is 3.35.